The van der Waals surface area contributed by atoms with Gasteiger partial charge in [-0.25, -0.2) is 4.52 Å². The lowest BCUT2D eigenvalue weighted by Crippen LogP contribution is -2.30. The van der Waals surface area contributed by atoms with Crippen molar-refractivity contribution in [1.29, 1.82) is 0 Å². The van der Waals surface area contributed by atoms with E-state index in [-0.39, 0.29) is 5.91 Å². The minimum atomic E-state index is 0.116. The maximum Gasteiger partial charge on any atom is 0.223 e. The molecule has 7 heteroatoms. The summed E-state index contributed by atoms with van der Waals surface area (Å²) in [7, 11) is 0. The summed E-state index contributed by atoms with van der Waals surface area (Å²) < 4.78 is 3.77. The Labute approximate surface area is 185 Å². The third-order valence-electron chi connectivity index (χ3n) is 5.67. The summed E-state index contributed by atoms with van der Waals surface area (Å²) >= 11 is 0. The first-order chi connectivity index (χ1) is 15.7. The lowest BCUT2D eigenvalue weighted by Gasteiger charge is -2.21. The summed E-state index contributed by atoms with van der Waals surface area (Å²) in [5.74, 6) is 0.888. The number of rotatable bonds is 7. The zero-order valence-corrected chi connectivity index (χ0v) is 17.9. The molecular formula is C25H24N6O. The van der Waals surface area contributed by atoms with Gasteiger partial charge in [-0.2, -0.15) is 5.10 Å². The second-order valence-electron chi connectivity index (χ2n) is 7.73. The standard InChI is InChI=1S/C25H24N6O/c1-2-29(18-19-9-5-3-6-10-19)24(32)14-13-23-26-27-25-22-17-21(20-11-7-4-8-12-20)28-31(22)16-15-30(23)25/h3-12,15-17H,2,13-14,18H2,1H3. The van der Waals surface area contributed by atoms with Crippen LogP contribution in [0.15, 0.2) is 79.1 Å². The molecule has 3 aromatic heterocycles. The van der Waals surface area contributed by atoms with Crippen LogP contribution in [-0.4, -0.2) is 41.6 Å². The maximum atomic E-state index is 12.8. The first-order valence-corrected chi connectivity index (χ1v) is 10.8. The van der Waals surface area contributed by atoms with E-state index in [1.54, 1.807) is 0 Å². The van der Waals surface area contributed by atoms with Crippen molar-refractivity contribution in [3.8, 4) is 11.3 Å². The molecule has 0 fully saturated rings. The Morgan fingerprint density at radius 2 is 1.72 bits per heavy atom. The zero-order chi connectivity index (χ0) is 21.9. The van der Waals surface area contributed by atoms with Crippen molar-refractivity contribution in [1.82, 2.24) is 29.1 Å². The summed E-state index contributed by atoms with van der Waals surface area (Å²) in [6.45, 7) is 3.30. The van der Waals surface area contributed by atoms with Gasteiger partial charge in [0.1, 0.15) is 11.3 Å². The van der Waals surface area contributed by atoms with Gasteiger partial charge in [-0.05, 0) is 18.6 Å². The summed E-state index contributed by atoms with van der Waals surface area (Å²) in [5, 5.41) is 13.4. The highest BCUT2D eigenvalue weighted by Gasteiger charge is 2.16. The van der Waals surface area contributed by atoms with Crippen LogP contribution in [0.2, 0.25) is 0 Å². The monoisotopic (exact) mass is 424 g/mol. The van der Waals surface area contributed by atoms with Gasteiger partial charge in [-0.3, -0.25) is 9.20 Å². The van der Waals surface area contributed by atoms with E-state index in [0.29, 0.717) is 25.9 Å². The molecule has 1 amide bonds. The average Bonchev–Trinajstić information content (AvgIpc) is 3.46. The van der Waals surface area contributed by atoms with E-state index in [1.165, 1.54) is 0 Å². The molecule has 32 heavy (non-hydrogen) atoms. The minimum absolute atomic E-state index is 0.116. The molecule has 0 unspecified atom stereocenters. The van der Waals surface area contributed by atoms with E-state index in [9.17, 15) is 4.79 Å². The van der Waals surface area contributed by atoms with Gasteiger partial charge < -0.3 is 4.90 Å². The molecule has 160 valence electrons. The van der Waals surface area contributed by atoms with E-state index >= 15 is 0 Å². The molecule has 5 aromatic rings. The molecule has 0 spiro atoms. The van der Waals surface area contributed by atoms with Gasteiger partial charge in [0.05, 0.1) is 5.69 Å². The van der Waals surface area contributed by atoms with Crippen LogP contribution in [0.3, 0.4) is 0 Å². The van der Waals surface area contributed by atoms with Crippen molar-refractivity contribution in [2.45, 2.75) is 26.3 Å². The molecule has 0 aliphatic carbocycles. The maximum absolute atomic E-state index is 12.8. The second kappa shape index (κ2) is 8.63. The van der Waals surface area contributed by atoms with Gasteiger partial charge in [0.2, 0.25) is 5.91 Å². The fourth-order valence-corrected chi connectivity index (χ4v) is 3.94. The molecule has 0 saturated carbocycles. The Morgan fingerprint density at radius 3 is 2.47 bits per heavy atom. The normalized spacial score (nSPS) is 11.3. The zero-order valence-electron chi connectivity index (χ0n) is 17.9. The molecule has 2 aromatic carbocycles. The summed E-state index contributed by atoms with van der Waals surface area (Å²) in [5.41, 5.74) is 4.70. The summed E-state index contributed by atoms with van der Waals surface area (Å²) in [4.78, 5) is 14.7. The first-order valence-electron chi connectivity index (χ1n) is 10.8. The predicted octanol–water partition coefficient (Wildman–Crippen LogP) is 4.03. The van der Waals surface area contributed by atoms with E-state index < -0.39 is 0 Å². The third kappa shape index (κ3) is 3.85. The Morgan fingerprint density at radius 1 is 0.969 bits per heavy atom. The molecular weight excluding hydrogens is 400 g/mol. The highest BCUT2D eigenvalue weighted by Crippen LogP contribution is 2.22. The molecule has 0 atom stereocenters. The Bertz CT molecular complexity index is 1360. The van der Waals surface area contributed by atoms with Crippen molar-refractivity contribution in [2.75, 3.05) is 6.54 Å². The predicted molar refractivity (Wildman–Crippen MR) is 123 cm³/mol. The number of aryl methyl sites for hydroxylation is 1. The van der Waals surface area contributed by atoms with Crippen molar-refractivity contribution < 1.29 is 4.79 Å². The Balaban J connectivity index is 1.35. The van der Waals surface area contributed by atoms with Crippen molar-refractivity contribution in [3.63, 3.8) is 0 Å². The molecule has 0 aliphatic rings. The highest BCUT2D eigenvalue weighted by molar-refractivity contribution is 5.77. The van der Waals surface area contributed by atoms with Crippen LogP contribution >= 0.6 is 0 Å². The first kappa shape index (κ1) is 19.9. The molecule has 7 nitrogen and oxygen atoms in total. The molecule has 0 aliphatic heterocycles. The van der Waals surface area contributed by atoms with Crippen LogP contribution in [0, 0.1) is 0 Å². The number of hydrogen-bond acceptors (Lipinski definition) is 4. The molecule has 0 N–H and O–H groups in total. The summed E-state index contributed by atoms with van der Waals surface area (Å²) in [6, 6.07) is 22.1. The quantitative estimate of drug-likeness (QED) is 0.396. The average molecular weight is 425 g/mol. The van der Waals surface area contributed by atoms with E-state index in [4.69, 9.17) is 0 Å². The van der Waals surface area contributed by atoms with E-state index in [0.717, 1.165) is 33.8 Å². The molecule has 0 bridgehead atoms. The number of aromatic nitrogens is 5. The van der Waals surface area contributed by atoms with Gasteiger partial charge in [0.15, 0.2) is 5.65 Å². The van der Waals surface area contributed by atoms with Crippen molar-refractivity contribution in [3.05, 3.63) is 90.5 Å². The van der Waals surface area contributed by atoms with Crippen molar-refractivity contribution in [2.24, 2.45) is 0 Å². The SMILES string of the molecule is CCN(Cc1ccccc1)C(=O)CCc1nnc2c3cc(-c4ccccc4)nn3ccn12. The van der Waals surface area contributed by atoms with Crippen LogP contribution in [0.5, 0.6) is 0 Å². The number of hydrogen-bond donors (Lipinski definition) is 0. The van der Waals surface area contributed by atoms with E-state index in [1.807, 2.05) is 99.9 Å². The number of fused-ring (bicyclic) bond motifs is 3. The van der Waals surface area contributed by atoms with Crippen LogP contribution in [0.1, 0.15) is 24.7 Å². The Kier molecular flexibility index (Phi) is 5.37. The smallest absolute Gasteiger partial charge is 0.223 e. The second-order valence-corrected chi connectivity index (χ2v) is 7.73. The Hall–Kier alpha value is -4.00. The molecule has 5 rings (SSSR count). The lowest BCUT2D eigenvalue weighted by molar-refractivity contribution is -0.131. The van der Waals surface area contributed by atoms with Gasteiger partial charge in [-0.15, -0.1) is 10.2 Å². The topological polar surface area (TPSA) is 67.8 Å². The molecule has 0 saturated heterocycles. The lowest BCUT2D eigenvalue weighted by atomic mass is 10.1. The largest absolute Gasteiger partial charge is 0.339 e. The van der Waals surface area contributed by atoms with Gasteiger partial charge in [-0.1, -0.05) is 60.7 Å². The number of benzene rings is 2. The molecule has 3 heterocycles. The number of carbonyl (C=O) groups excluding carboxylic acids is 1. The van der Waals surface area contributed by atoms with Crippen LogP contribution in [0.25, 0.3) is 22.4 Å². The van der Waals surface area contributed by atoms with Crippen molar-refractivity contribution >= 4 is 17.1 Å². The van der Waals surface area contributed by atoms with Crippen LogP contribution < -0.4 is 0 Å². The fraction of sp³-hybridized carbons (Fsp3) is 0.200. The third-order valence-corrected chi connectivity index (χ3v) is 5.67. The number of amides is 1. The minimum Gasteiger partial charge on any atom is -0.339 e. The van der Waals surface area contributed by atoms with Gasteiger partial charge in [0.25, 0.3) is 0 Å². The van der Waals surface area contributed by atoms with E-state index in [2.05, 4.69) is 15.3 Å². The number of carbonyl (C=O) groups is 1. The molecule has 0 radical (unpaired) electrons. The van der Waals surface area contributed by atoms with Crippen LogP contribution in [-0.2, 0) is 17.8 Å². The highest BCUT2D eigenvalue weighted by atomic mass is 16.2. The fourth-order valence-electron chi connectivity index (χ4n) is 3.94. The van der Waals surface area contributed by atoms with Crippen LogP contribution in [0.4, 0.5) is 0 Å². The summed E-state index contributed by atoms with van der Waals surface area (Å²) in [6.07, 6.45) is 4.73. The number of nitrogens with zero attached hydrogens (tertiary/aromatic N) is 6. The van der Waals surface area contributed by atoms with Gasteiger partial charge >= 0.3 is 0 Å². The van der Waals surface area contributed by atoms with Gasteiger partial charge in [0, 0.05) is 43.9 Å².